The second-order valence-electron chi connectivity index (χ2n) is 11.1. The average Bonchev–Trinajstić information content (AvgIpc) is 3.59. The minimum atomic E-state index is -0.403. The van der Waals surface area contributed by atoms with Crippen molar-refractivity contribution in [3.8, 4) is 5.75 Å². The standard InChI is InChI=1S/C29H36FN7O3/c1-39-18-20-15-31-29(32-16-20)35-7-4-21(5-8-35)25-12-22(25)6-11-40-24-3-2-23(26(30)14-24)13-28(38)36-9-10-37-19-33-34-27(37)17-36/h2-3,14-16,19,21-22,25H,4-13,17-18H2,1H3/t22-,25?/m1/s1. The Hall–Kier alpha value is -3.60. The summed E-state index contributed by atoms with van der Waals surface area (Å²) < 4.78 is 27.7. The Kier molecular flexibility index (Phi) is 7.90. The van der Waals surface area contributed by atoms with E-state index in [0.29, 0.717) is 50.1 Å². The van der Waals surface area contributed by atoms with E-state index < -0.39 is 5.82 Å². The summed E-state index contributed by atoms with van der Waals surface area (Å²) in [6, 6.07) is 4.83. The van der Waals surface area contributed by atoms with Gasteiger partial charge in [0, 0.05) is 57.3 Å². The number of piperidine rings is 1. The van der Waals surface area contributed by atoms with Crippen molar-refractivity contribution in [1.82, 2.24) is 29.6 Å². The number of carbonyl (C=O) groups is 1. The number of amides is 1. The molecule has 40 heavy (non-hydrogen) atoms. The van der Waals surface area contributed by atoms with E-state index in [0.717, 1.165) is 61.5 Å². The molecule has 0 N–H and O–H groups in total. The zero-order valence-corrected chi connectivity index (χ0v) is 22.9. The number of nitrogens with zero attached hydrogens (tertiary/aromatic N) is 7. The van der Waals surface area contributed by atoms with E-state index in [-0.39, 0.29) is 12.3 Å². The molecule has 11 heteroatoms. The fourth-order valence-electron chi connectivity index (χ4n) is 6.10. The normalized spacial score (nSPS) is 20.9. The summed E-state index contributed by atoms with van der Waals surface area (Å²) in [5, 5.41) is 7.93. The summed E-state index contributed by atoms with van der Waals surface area (Å²) in [4.78, 5) is 25.7. The fourth-order valence-corrected chi connectivity index (χ4v) is 6.10. The van der Waals surface area contributed by atoms with E-state index in [2.05, 4.69) is 25.1 Å². The average molecular weight is 550 g/mol. The van der Waals surface area contributed by atoms with Gasteiger partial charge in [-0.15, -0.1) is 10.2 Å². The van der Waals surface area contributed by atoms with Crippen LogP contribution in [0.3, 0.4) is 0 Å². The number of fused-ring (bicyclic) bond motifs is 1. The van der Waals surface area contributed by atoms with E-state index in [1.807, 2.05) is 17.0 Å². The van der Waals surface area contributed by atoms with Crippen molar-refractivity contribution in [2.24, 2.45) is 17.8 Å². The maximum atomic E-state index is 14.8. The Morgan fingerprint density at radius 2 is 1.95 bits per heavy atom. The lowest BCUT2D eigenvalue weighted by Crippen LogP contribution is -2.39. The second-order valence-corrected chi connectivity index (χ2v) is 11.1. The van der Waals surface area contributed by atoms with Gasteiger partial charge in [0.1, 0.15) is 17.9 Å². The molecule has 2 fully saturated rings. The van der Waals surface area contributed by atoms with Crippen LogP contribution < -0.4 is 9.64 Å². The Morgan fingerprint density at radius 3 is 2.73 bits per heavy atom. The van der Waals surface area contributed by atoms with Crippen molar-refractivity contribution in [1.29, 1.82) is 0 Å². The van der Waals surface area contributed by atoms with Gasteiger partial charge in [0.05, 0.1) is 26.2 Å². The van der Waals surface area contributed by atoms with Crippen LogP contribution in [0.4, 0.5) is 10.3 Å². The zero-order valence-electron chi connectivity index (χ0n) is 22.9. The SMILES string of the molecule is COCc1cnc(N2CCC(C3C[C@H]3CCOc3ccc(CC(=O)N4CCn5cnnc5C4)c(F)c3)CC2)nc1. The van der Waals surface area contributed by atoms with Crippen LogP contribution in [0.2, 0.25) is 0 Å². The Morgan fingerprint density at radius 1 is 1.12 bits per heavy atom. The highest BCUT2D eigenvalue weighted by atomic mass is 19.1. The lowest BCUT2D eigenvalue weighted by Gasteiger charge is -2.32. The van der Waals surface area contributed by atoms with Gasteiger partial charge in [0.25, 0.3) is 0 Å². The van der Waals surface area contributed by atoms with Gasteiger partial charge < -0.3 is 23.8 Å². The first-order chi connectivity index (χ1) is 19.6. The Labute approximate surface area is 233 Å². The van der Waals surface area contributed by atoms with Crippen molar-refractivity contribution in [3.63, 3.8) is 0 Å². The number of ether oxygens (including phenoxy) is 2. The molecular formula is C29H36FN7O3. The van der Waals surface area contributed by atoms with Crippen LogP contribution in [0.5, 0.6) is 5.75 Å². The number of benzene rings is 1. The van der Waals surface area contributed by atoms with E-state index >= 15 is 0 Å². The van der Waals surface area contributed by atoms with Crippen LogP contribution >= 0.6 is 0 Å². The van der Waals surface area contributed by atoms with Crippen LogP contribution in [0.1, 0.15) is 42.6 Å². The summed E-state index contributed by atoms with van der Waals surface area (Å²) in [5.74, 6) is 3.73. The summed E-state index contributed by atoms with van der Waals surface area (Å²) in [7, 11) is 1.67. The molecule has 1 saturated carbocycles. The molecule has 0 spiro atoms. The minimum absolute atomic E-state index is 0.0219. The minimum Gasteiger partial charge on any atom is -0.493 e. The molecular weight excluding hydrogens is 513 g/mol. The highest BCUT2D eigenvalue weighted by Gasteiger charge is 2.43. The molecule has 0 radical (unpaired) electrons. The Bertz CT molecular complexity index is 1310. The van der Waals surface area contributed by atoms with Gasteiger partial charge in [0.2, 0.25) is 11.9 Å². The number of hydrogen-bond acceptors (Lipinski definition) is 8. The first-order valence-electron chi connectivity index (χ1n) is 14.2. The summed E-state index contributed by atoms with van der Waals surface area (Å²) in [5.41, 5.74) is 1.37. The third kappa shape index (κ3) is 6.09. The van der Waals surface area contributed by atoms with Crippen molar-refractivity contribution in [2.75, 3.05) is 38.3 Å². The molecule has 3 aliphatic rings. The van der Waals surface area contributed by atoms with Gasteiger partial charge in [-0.2, -0.15) is 0 Å². The van der Waals surface area contributed by atoms with Crippen LogP contribution in [0.25, 0.3) is 0 Å². The molecule has 2 aliphatic heterocycles. The number of hydrogen-bond donors (Lipinski definition) is 0. The molecule has 4 heterocycles. The molecule has 1 amide bonds. The van der Waals surface area contributed by atoms with Gasteiger partial charge in [-0.1, -0.05) is 6.07 Å². The first-order valence-corrected chi connectivity index (χ1v) is 14.2. The maximum absolute atomic E-state index is 14.8. The van der Waals surface area contributed by atoms with Gasteiger partial charge in [-0.05, 0) is 55.1 Å². The summed E-state index contributed by atoms with van der Waals surface area (Å²) in [6.45, 7) is 4.72. The lowest BCUT2D eigenvalue weighted by molar-refractivity contribution is -0.132. The molecule has 1 aromatic carbocycles. The van der Waals surface area contributed by atoms with Gasteiger partial charge in [-0.3, -0.25) is 4.79 Å². The number of methoxy groups -OCH3 is 1. The molecule has 212 valence electrons. The third-order valence-electron chi connectivity index (χ3n) is 8.52. The van der Waals surface area contributed by atoms with Crippen molar-refractivity contribution >= 4 is 11.9 Å². The predicted molar refractivity (Wildman–Crippen MR) is 145 cm³/mol. The van der Waals surface area contributed by atoms with E-state index in [4.69, 9.17) is 9.47 Å². The van der Waals surface area contributed by atoms with Crippen molar-refractivity contribution in [2.45, 2.75) is 51.8 Å². The molecule has 10 nitrogen and oxygen atoms in total. The van der Waals surface area contributed by atoms with Crippen LogP contribution in [-0.4, -0.2) is 68.9 Å². The highest BCUT2D eigenvalue weighted by Crippen LogP contribution is 2.49. The van der Waals surface area contributed by atoms with Crippen LogP contribution in [0.15, 0.2) is 36.9 Å². The molecule has 1 saturated heterocycles. The van der Waals surface area contributed by atoms with Crippen molar-refractivity contribution < 1.29 is 18.7 Å². The van der Waals surface area contributed by atoms with E-state index in [1.54, 1.807) is 30.5 Å². The lowest BCUT2D eigenvalue weighted by atomic mass is 9.90. The smallest absolute Gasteiger partial charge is 0.227 e. The predicted octanol–water partition coefficient (Wildman–Crippen LogP) is 3.26. The number of rotatable bonds is 10. The maximum Gasteiger partial charge on any atom is 0.227 e. The second kappa shape index (κ2) is 11.9. The van der Waals surface area contributed by atoms with E-state index in [1.165, 1.54) is 12.5 Å². The topological polar surface area (TPSA) is 98.5 Å². The third-order valence-corrected chi connectivity index (χ3v) is 8.52. The van der Waals surface area contributed by atoms with E-state index in [9.17, 15) is 9.18 Å². The number of aromatic nitrogens is 5. The molecule has 1 aliphatic carbocycles. The number of halogens is 1. The van der Waals surface area contributed by atoms with Gasteiger partial charge in [0.15, 0.2) is 5.82 Å². The van der Waals surface area contributed by atoms with Gasteiger partial charge in [-0.25, -0.2) is 14.4 Å². The van der Waals surface area contributed by atoms with Crippen molar-refractivity contribution in [3.05, 3.63) is 59.7 Å². The fraction of sp³-hybridized carbons (Fsp3) is 0.552. The monoisotopic (exact) mass is 549 g/mol. The first kappa shape index (κ1) is 26.6. The highest BCUT2D eigenvalue weighted by molar-refractivity contribution is 5.79. The van der Waals surface area contributed by atoms with Crippen LogP contribution in [0, 0.1) is 23.6 Å². The molecule has 1 unspecified atom stereocenters. The molecule has 6 rings (SSSR count). The largest absolute Gasteiger partial charge is 0.493 e. The quantitative estimate of drug-likeness (QED) is 0.380. The number of anilines is 1. The Balaban J connectivity index is 0.909. The molecule has 2 aromatic heterocycles. The summed E-state index contributed by atoms with van der Waals surface area (Å²) in [6.07, 6.45) is 9.94. The molecule has 0 bridgehead atoms. The molecule has 3 aromatic rings. The molecule has 2 atom stereocenters. The van der Waals surface area contributed by atoms with Crippen LogP contribution in [-0.2, 0) is 35.6 Å². The number of carbonyl (C=O) groups excluding carboxylic acids is 1. The zero-order chi connectivity index (χ0) is 27.5. The van der Waals surface area contributed by atoms with Gasteiger partial charge >= 0.3 is 0 Å². The summed E-state index contributed by atoms with van der Waals surface area (Å²) >= 11 is 0.